The molecule has 0 aliphatic heterocycles. The minimum Gasteiger partial charge on any atom is -0.460 e. The second kappa shape index (κ2) is 7.74. The van der Waals surface area contributed by atoms with E-state index in [1.807, 2.05) is 84.9 Å². The number of benzene rings is 3. The SMILES string of the molecule is [N-]=[N+]=N[C@@]1(c2ccccc2)C[C@]1(C(=O)OCc1ccc(Br)cc1)c1ccccc1. The number of carbonyl (C=O) groups is 1. The summed E-state index contributed by atoms with van der Waals surface area (Å²) < 4.78 is 6.70. The fourth-order valence-corrected chi connectivity index (χ4v) is 4.20. The molecule has 6 heteroatoms. The first-order valence-electron chi connectivity index (χ1n) is 9.21. The zero-order chi connectivity index (χ0) is 20.3. The first-order valence-corrected chi connectivity index (χ1v) is 10.0. The van der Waals surface area contributed by atoms with Crippen LogP contribution in [0.3, 0.4) is 0 Å². The number of ether oxygens (including phenoxy) is 1. The first kappa shape index (κ1) is 19.2. The molecule has 1 aliphatic carbocycles. The molecule has 0 aromatic heterocycles. The molecule has 1 fully saturated rings. The fourth-order valence-electron chi connectivity index (χ4n) is 3.93. The van der Waals surface area contributed by atoms with E-state index in [4.69, 9.17) is 4.74 Å². The van der Waals surface area contributed by atoms with Crippen LogP contribution < -0.4 is 0 Å². The number of esters is 1. The van der Waals surface area contributed by atoms with E-state index in [2.05, 4.69) is 26.0 Å². The summed E-state index contributed by atoms with van der Waals surface area (Å²) in [5.74, 6) is -0.386. The van der Waals surface area contributed by atoms with Gasteiger partial charge in [0.15, 0.2) is 0 Å². The normalized spacial score (nSPS) is 22.4. The summed E-state index contributed by atoms with van der Waals surface area (Å²) >= 11 is 3.40. The molecule has 0 radical (unpaired) electrons. The van der Waals surface area contributed by atoms with Crippen LogP contribution >= 0.6 is 15.9 Å². The predicted molar refractivity (Wildman–Crippen MR) is 114 cm³/mol. The largest absolute Gasteiger partial charge is 0.460 e. The maximum absolute atomic E-state index is 13.4. The molecular formula is C23H18BrN3O2. The van der Waals surface area contributed by atoms with Crippen LogP contribution in [-0.4, -0.2) is 5.97 Å². The van der Waals surface area contributed by atoms with Crippen molar-refractivity contribution in [2.75, 3.05) is 0 Å². The van der Waals surface area contributed by atoms with Crippen LogP contribution in [0.1, 0.15) is 23.1 Å². The molecule has 0 amide bonds. The minimum absolute atomic E-state index is 0.155. The quantitative estimate of drug-likeness (QED) is 0.200. The number of carbonyl (C=O) groups excluding carboxylic acids is 1. The molecule has 3 aromatic carbocycles. The molecule has 1 saturated carbocycles. The zero-order valence-electron chi connectivity index (χ0n) is 15.5. The highest BCUT2D eigenvalue weighted by Gasteiger charge is 2.74. The Morgan fingerprint density at radius 1 is 0.966 bits per heavy atom. The maximum Gasteiger partial charge on any atom is 0.317 e. The standard InChI is InChI=1S/C23H18BrN3O2/c24-20-13-11-17(12-14-20)15-29-21(28)22(18-7-3-1-4-8-18)16-23(22,26-27-25)19-9-5-2-6-10-19/h1-14H,15-16H2/t22-,23-/m1/s1. The van der Waals surface area contributed by atoms with E-state index in [9.17, 15) is 10.3 Å². The molecule has 3 aromatic rings. The molecule has 0 spiro atoms. The van der Waals surface area contributed by atoms with Gasteiger partial charge in [-0.3, -0.25) is 4.79 Å². The van der Waals surface area contributed by atoms with Gasteiger partial charge in [-0.25, -0.2) is 0 Å². The smallest absolute Gasteiger partial charge is 0.317 e. The van der Waals surface area contributed by atoms with Crippen molar-refractivity contribution in [3.8, 4) is 0 Å². The van der Waals surface area contributed by atoms with E-state index in [0.29, 0.717) is 6.42 Å². The van der Waals surface area contributed by atoms with Gasteiger partial charge in [0.2, 0.25) is 0 Å². The predicted octanol–water partition coefficient (Wildman–Crippen LogP) is 6.04. The Bertz CT molecular complexity index is 1070. The van der Waals surface area contributed by atoms with Crippen molar-refractivity contribution in [2.45, 2.75) is 24.0 Å². The molecule has 2 atom stereocenters. The molecule has 4 rings (SSSR count). The van der Waals surface area contributed by atoms with Crippen molar-refractivity contribution in [3.63, 3.8) is 0 Å². The van der Waals surface area contributed by atoms with Gasteiger partial charge in [-0.2, -0.15) is 0 Å². The average Bonchev–Trinajstić information content (AvgIpc) is 3.46. The van der Waals surface area contributed by atoms with Crippen LogP contribution in [0.4, 0.5) is 0 Å². The maximum atomic E-state index is 13.4. The molecule has 0 N–H and O–H groups in total. The molecule has 0 saturated heterocycles. The van der Waals surface area contributed by atoms with Crippen LogP contribution in [0.2, 0.25) is 0 Å². The summed E-state index contributed by atoms with van der Waals surface area (Å²) in [6, 6.07) is 26.5. The fraction of sp³-hybridized carbons (Fsp3) is 0.174. The van der Waals surface area contributed by atoms with Gasteiger partial charge in [-0.05, 0) is 40.8 Å². The third kappa shape index (κ3) is 3.31. The molecular weight excluding hydrogens is 430 g/mol. The highest BCUT2D eigenvalue weighted by molar-refractivity contribution is 9.10. The summed E-state index contributed by atoms with van der Waals surface area (Å²) in [4.78, 5) is 16.5. The summed E-state index contributed by atoms with van der Waals surface area (Å²) in [5, 5.41) is 4.13. The van der Waals surface area contributed by atoms with Crippen molar-refractivity contribution >= 4 is 21.9 Å². The molecule has 144 valence electrons. The van der Waals surface area contributed by atoms with Gasteiger partial charge in [-0.1, -0.05) is 93.8 Å². The van der Waals surface area contributed by atoms with E-state index in [1.165, 1.54) is 0 Å². The van der Waals surface area contributed by atoms with Gasteiger partial charge in [0, 0.05) is 9.38 Å². The zero-order valence-corrected chi connectivity index (χ0v) is 17.1. The molecule has 1 aliphatic rings. The van der Waals surface area contributed by atoms with E-state index in [0.717, 1.165) is 21.2 Å². The Labute approximate surface area is 177 Å². The topological polar surface area (TPSA) is 75.1 Å². The van der Waals surface area contributed by atoms with Gasteiger partial charge in [0.05, 0.1) is 5.54 Å². The summed E-state index contributed by atoms with van der Waals surface area (Å²) in [7, 11) is 0. The number of hydrogen-bond donors (Lipinski definition) is 0. The first-order chi connectivity index (χ1) is 14.1. The Morgan fingerprint density at radius 3 is 2.14 bits per heavy atom. The average molecular weight is 448 g/mol. The number of hydrogen-bond acceptors (Lipinski definition) is 3. The number of nitrogens with zero attached hydrogens (tertiary/aromatic N) is 3. The van der Waals surface area contributed by atoms with Crippen LogP contribution in [0.25, 0.3) is 10.4 Å². The number of rotatable bonds is 6. The summed E-state index contributed by atoms with van der Waals surface area (Å²) in [5.41, 5.74) is 9.74. The van der Waals surface area contributed by atoms with Crippen molar-refractivity contribution in [1.82, 2.24) is 0 Å². The van der Waals surface area contributed by atoms with Crippen molar-refractivity contribution in [2.24, 2.45) is 5.11 Å². The van der Waals surface area contributed by atoms with Gasteiger partial charge in [-0.15, -0.1) is 0 Å². The van der Waals surface area contributed by atoms with E-state index < -0.39 is 11.0 Å². The Hall–Kier alpha value is -3.08. The Morgan fingerprint density at radius 2 is 1.55 bits per heavy atom. The van der Waals surface area contributed by atoms with Gasteiger partial charge in [0.25, 0.3) is 0 Å². The van der Waals surface area contributed by atoms with Crippen LogP contribution in [0, 0.1) is 0 Å². The van der Waals surface area contributed by atoms with Crippen LogP contribution in [-0.2, 0) is 27.1 Å². The van der Waals surface area contributed by atoms with Crippen molar-refractivity contribution in [1.29, 1.82) is 0 Å². The highest BCUT2D eigenvalue weighted by Crippen LogP contribution is 2.67. The third-order valence-corrected chi connectivity index (χ3v) is 6.00. The van der Waals surface area contributed by atoms with Crippen molar-refractivity contribution in [3.05, 3.63) is 117 Å². The van der Waals surface area contributed by atoms with Gasteiger partial charge < -0.3 is 4.74 Å². The summed E-state index contributed by atoms with van der Waals surface area (Å²) in [6.07, 6.45) is 0.372. The molecule has 5 nitrogen and oxygen atoms in total. The second-order valence-electron chi connectivity index (χ2n) is 7.07. The lowest BCUT2D eigenvalue weighted by Crippen LogP contribution is -2.31. The van der Waals surface area contributed by atoms with Crippen LogP contribution in [0.5, 0.6) is 0 Å². The number of halogens is 1. The molecule has 29 heavy (non-hydrogen) atoms. The second-order valence-corrected chi connectivity index (χ2v) is 7.98. The molecule has 0 unspecified atom stereocenters. The lowest BCUT2D eigenvalue weighted by molar-refractivity contribution is -0.148. The van der Waals surface area contributed by atoms with Gasteiger partial charge >= 0.3 is 5.97 Å². The van der Waals surface area contributed by atoms with Crippen LogP contribution in [0.15, 0.2) is 94.5 Å². The van der Waals surface area contributed by atoms with Crippen molar-refractivity contribution < 1.29 is 9.53 Å². The lowest BCUT2D eigenvalue weighted by Gasteiger charge is -2.22. The Kier molecular flexibility index (Phi) is 5.14. The third-order valence-electron chi connectivity index (χ3n) is 5.47. The highest BCUT2D eigenvalue weighted by atomic mass is 79.9. The van der Waals surface area contributed by atoms with E-state index in [1.54, 1.807) is 0 Å². The Balaban J connectivity index is 1.72. The molecule has 0 bridgehead atoms. The van der Waals surface area contributed by atoms with Gasteiger partial charge in [0.1, 0.15) is 12.0 Å². The number of azide groups is 1. The summed E-state index contributed by atoms with van der Waals surface area (Å²) in [6.45, 7) is 0.155. The van der Waals surface area contributed by atoms with E-state index in [-0.39, 0.29) is 12.6 Å². The molecule has 0 heterocycles. The van der Waals surface area contributed by atoms with E-state index >= 15 is 0 Å². The minimum atomic E-state index is -1.04. The monoisotopic (exact) mass is 447 g/mol. The lowest BCUT2D eigenvalue weighted by atomic mass is 9.87.